The molecule has 0 aliphatic carbocycles. The standard InChI is InChI=1S/C16H17ClN4O3S/c1-23-6-5-21-12-4-3-11(17)7-10(12)8-13(21)15(22)18-16-20-19-14(25-16)9-24-2/h3-4,7-8H,5-6,9H2,1-2H3,(H,18,20,22). The van der Waals surface area contributed by atoms with Crippen molar-refractivity contribution in [3.05, 3.63) is 40.0 Å². The van der Waals surface area contributed by atoms with Gasteiger partial charge in [0.2, 0.25) is 5.13 Å². The first-order valence-electron chi connectivity index (χ1n) is 7.52. The van der Waals surface area contributed by atoms with Crippen molar-refractivity contribution in [3.63, 3.8) is 0 Å². The lowest BCUT2D eigenvalue weighted by molar-refractivity contribution is 0.101. The van der Waals surface area contributed by atoms with E-state index in [4.69, 9.17) is 21.1 Å². The summed E-state index contributed by atoms with van der Waals surface area (Å²) in [6.45, 7) is 1.40. The van der Waals surface area contributed by atoms with Gasteiger partial charge in [0.25, 0.3) is 5.91 Å². The van der Waals surface area contributed by atoms with Crippen LogP contribution in [-0.2, 0) is 22.6 Å². The first-order valence-corrected chi connectivity index (χ1v) is 8.72. The molecule has 1 N–H and O–H groups in total. The number of aromatic nitrogens is 3. The Balaban J connectivity index is 1.90. The second kappa shape index (κ2) is 7.92. The number of anilines is 1. The van der Waals surface area contributed by atoms with Gasteiger partial charge in [-0.1, -0.05) is 22.9 Å². The van der Waals surface area contributed by atoms with Crippen LogP contribution in [-0.4, -0.2) is 41.5 Å². The van der Waals surface area contributed by atoms with Crippen LogP contribution in [0.25, 0.3) is 10.9 Å². The molecule has 3 rings (SSSR count). The maximum Gasteiger partial charge on any atom is 0.274 e. The fraction of sp³-hybridized carbons (Fsp3) is 0.312. The van der Waals surface area contributed by atoms with Crippen molar-refractivity contribution >= 4 is 44.9 Å². The van der Waals surface area contributed by atoms with Gasteiger partial charge in [-0.15, -0.1) is 10.2 Å². The lowest BCUT2D eigenvalue weighted by Crippen LogP contribution is -2.18. The lowest BCUT2D eigenvalue weighted by Gasteiger charge is -2.09. The Morgan fingerprint density at radius 1 is 1.28 bits per heavy atom. The lowest BCUT2D eigenvalue weighted by atomic mass is 10.2. The monoisotopic (exact) mass is 380 g/mol. The van der Waals surface area contributed by atoms with Gasteiger partial charge < -0.3 is 14.0 Å². The number of nitrogens with zero attached hydrogens (tertiary/aromatic N) is 3. The molecule has 0 spiro atoms. The van der Waals surface area contributed by atoms with Crippen LogP contribution < -0.4 is 5.32 Å². The summed E-state index contributed by atoms with van der Waals surface area (Å²) in [5.41, 5.74) is 1.43. The predicted molar refractivity (Wildman–Crippen MR) is 97.4 cm³/mol. The largest absolute Gasteiger partial charge is 0.383 e. The van der Waals surface area contributed by atoms with Gasteiger partial charge in [-0.3, -0.25) is 10.1 Å². The molecule has 132 valence electrons. The Bertz CT molecular complexity index is 893. The number of amides is 1. The van der Waals surface area contributed by atoms with E-state index < -0.39 is 0 Å². The summed E-state index contributed by atoms with van der Waals surface area (Å²) in [7, 11) is 3.21. The van der Waals surface area contributed by atoms with Crippen LogP contribution in [0.5, 0.6) is 0 Å². The zero-order valence-corrected chi connectivity index (χ0v) is 15.4. The summed E-state index contributed by atoms with van der Waals surface area (Å²) in [6, 6.07) is 7.34. The molecule has 3 aromatic rings. The van der Waals surface area contributed by atoms with E-state index in [0.717, 1.165) is 10.9 Å². The molecule has 7 nitrogen and oxygen atoms in total. The Kier molecular flexibility index (Phi) is 5.64. The molecule has 1 aromatic carbocycles. The minimum Gasteiger partial charge on any atom is -0.383 e. The van der Waals surface area contributed by atoms with Gasteiger partial charge >= 0.3 is 0 Å². The Labute approximate surface area is 153 Å². The molecular weight excluding hydrogens is 364 g/mol. The van der Waals surface area contributed by atoms with Crippen molar-refractivity contribution in [3.8, 4) is 0 Å². The Morgan fingerprint density at radius 3 is 2.88 bits per heavy atom. The van der Waals surface area contributed by atoms with Crippen LogP contribution in [0.15, 0.2) is 24.3 Å². The molecule has 0 unspecified atom stereocenters. The third kappa shape index (κ3) is 3.98. The molecule has 0 radical (unpaired) electrons. The maximum absolute atomic E-state index is 12.7. The third-order valence-electron chi connectivity index (χ3n) is 3.57. The highest BCUT2D eigenvalue weighted by molar-refractivity contribution is 7.15. The van der Waals surface area contributed by atoms with Crippen molar-refractivity contribution in [2.45, 2.75) is 13.2 Å². The molecule has 25 heavy (non-hydrogen) atoms. The zero-order chi connectivity index (χ0) is 17.8. The van der Waals surface area contributed by atoms with E-state index in [2.05, 4.69) is 15.5 Å². The number of methoxy groups -OCH3 is 2. The Morgan fingerprint density at radius 2 is 2.12 bits per heavy atom. The highest BCUT2D eigenvalue weighted by Crippen LogP contribution is 2.25. The average Bonchev–Trinajstić information content (AvgIpc) is 3.17. The van der Waals surface area contributed by atoms with Gasteiger partial charge in [-0.25, -0.2) is 0 Å². The van der Waals surface area contributed by atoms with Crippen LogP contribution in [0.3, 0.4) is 0 Å². The molecule has 0 saturated heterocycles. The number of carbonyl (C=O) groups excluding carboxylic acids is 1. The Hall–Kier alpha value is -2.00. The molecule has 9 heteroatoms. The topological polar surface area (TPSA) is 78.3 Å². The van der Waals surface area contributed by atoms with Crippen molar-refractivity contribution in [1.29, 1.82) is 0 Å². The second-order valence-electron chi connectivity index (χ2n) is 5.27. The van der Waals surface area contributed by atoms with Crippen LogP contribution in [0.1, 0.15) is 15.5 Å². The molecule has 0 aliphatic rings. The number of carbonyl (C=O) groups is 1. The zero-order valence-electron chi connectivity index (χ0n) is 13.8. The van der Waals surface area contributed by atoms with Crippen molar-refractivity contribution in [2.24, 2.45) is 0 Å². The average molecular weight is 381 g/mol. The second-order valence-corrected chi connectivity index (χ2v) is 6.76. The number of hydrogen-bond donors (Lipinski definition) is 1. The molecule has 2 aromatic heterocycles. The highest BCUT2D eigenvalue weighted by Gasteiger charge is 2.17. The smallest absolute Gasteiger partial charge is 0.274 e. The van der Waals surface area contributed by atoms with E-state index in [9.17, 15) is 4.79 Å². The number of ether oxygens (including phenoxy) is 2. The van der Waals surface area contributed by atoms with E-state index in [-0.39, 0.29) is 5.91 Å². The number of hydrogen-bond acceptors (Lipinski definition) is 6. The normalized spacial score (nSPS) is 11.2. The fourth-order valence-corrected chi connectivity index (χ4v) is 3.39. The minimum absolute atomic E-state index is 0.261. The minimum atomic E-state index is -0.261. The van der Waals surface area contributed by atoms with E-state index in [1.807, 2.05) is 22.8 Å². The van der Waals surface area contributed by atoms with E-state index in [1.165, 1.54) is 11.3 Å². The molecule has 0 bridgehead atoms. The molecule has 0 saturated carbocycles. The molecule has 0 atom stereocenters. The van der Waals surface area contributed by atoms with Gasteiger partial charge in [-0.05, 0) is 24.3 Å². The van der Waals surface area contributed by atoms with Crippen LogP contribution in [0, 0.1) is 0 Å². The summed E-state index contributed by atoms with van der Waals surface area (Å²) < 4.78 is 12.1. The van der Waals surface area contributed by atoms with Gasteiger partial charge in [0.05, 0.1) is 6.61 Å². The summed E-state index contributed by atoms with van der Waals surface area (Å²) in [4.78, 5) is 12.7. The van der Waals surface area contributed by atoms with E-state index in [0.29, 0.717) is 40.6 Å². The van der Waals surface area contributed by atoms with Crippen molar-refractivity contribution < 1.29 is 14.3 Å². The highest BCUT2D eigenvalue weighted by atomic mass is 35.5. The fourth-order valence-electron chi connectivity index (χ4n) is 2.50. The van der Waals surface area contributed by atoms with Gasteiger partial charge in [0.1, 0.15) is 17.3 Å². The molecule has 0 fully saturated rings. The molecule has 0 aliphatic heterocycles. The summed E-state index contributed by atoms with van der Waals surface area (Å²) in [5.74, 6) is -0.261. The number of nitrogens with one attached hydrogen (secondary N) is 1. The first-order chi connectivity index (χ1) is 12.1. The first kappa shape index (κ1) is 17.8. The van der Waals surface area contributed by atoms with Crippen LogP contribution in [0.2, 0.25) is 5.02 Å². The summed E-state index contributed by atoms with van der Waals surface area (Å²) >= 11 is 7.34. The summed E-state index contributed by atoms with van der Waals surface area (Å²) in [5, 5.41) is 13.4. The predicted octanol–water partition coefficient (Wildman–Crippen LogP) is 3.19. The molecular formula is C16H17ClN4O3S. The number of benzene rings is 1. The molecule has 1 amide bonds. The van der Waals surface area contributed by atoms with E-state index in [1.54, 1.807) is 20.3 Å². The number of fused-ring (bicyclic) bond motifs is 1. The molecule has 2 heterocycles. The van der Waals surface area contributed by atoms with E-state index >= 15 is 0 Å². The maximum atomic E-state index is 12.7. The number of rotatable bonds is 7. The van der Waals surface area contributed by atoms with Crippen LogP contribution >= 0.6 is 22.9 Å². The SMILES string of the molecule is COCCn1c(C(=O)Nc2nnc(COC)s2)cc2cc(Cl)ccc21. The summed E-state index contributed by atoms with van der Waals surface area (Å²) in [6.07, 6.45) is 0. The van der Waals surface area contributed by atoms with Crippen molar-refractivity contribution in [2.75, 3.05) is 26.1 Å². The quantitative estimate of drug-likeness (QED) is 0.681. The number of halogens is 1. The van der Waals surface area contributed by atoms with Gasteiger partial charge in [0, 0.05) is 36.7 Å². The van der Waals surface area contributed by atoms with Gasteiger partial charge in [-0.2, -0.15) is 0 Å². The van der Waals surface area contributed by atoms with Gasteiger partial charge in [0.15, 0.2) is 0 Å². The van der Waals surface area contributed by atoms with Crippen LogP contribution in [0.4, 0.5) is 5.13 Å². The van der Waals surface area contributed by atoms with Crippen molar-refractivity contribution in [1.82, 2.24) is 14.8 Å². The third-order valence-corrected chi connectivity index (χ3v) is 4.62.